The molecule has 3 rings (SSSR count). The van der Waals surface area contributed by atoms with Crippen LogP contribution in [0.5, 0.6) is 5.75 Å². The van der Waals surface area contributed by atoms with E-state index < -0.39 is 9.84 Å². The van der Waals surface area contributed by atoms with E-state index in [1.165, 1.54) is 0 Å². The first kappa shape index (κ1) is 18.3. The third-order valence-electron chi connectivity index (χ3n) is 4.24. The van der Waals surface area contributed by atoms with E-state index in [-0.39, 0.29) is 11.8 Å². The number of ether oxygens (including phenoxy) is 1. The summed E-state index contributed by atoms with van der Waals surface area (Å²) in [5.41, 5.74) is 7.03. The number of para-hydroxylation sites is 1. The second-order valence-corrected chi connectivity index (χ2v) is 8.23. The highest BCUT2D eigenvalue weighted by atomic mass is 32.2. The lowest BCUT2D eigenvalue weighted by Gasteiger charge is -2.26. The molecule has 0 spiro atoms. The Balaban J connectivity index is 1.52. The summed E-state index contributed by atoms with van der Waals surface area (Å²) in [4.78, 5) is 4.61. The molecule has 6 nitrogen and oxygen atoms in total. The van der Waals surface area contributed by atoms with Crippen LogP contribution in [-0.4, -0.2) is 33.3 Å². The van der Waals surface area contributed by atoms with Crippen LogP contribution in [-0.2, 0) is 9.84 Å². The minimum Gasteiger partial charge on any atom is -0.493 e. The van der Waals surface area contributed by atoms with Gasteiger partial charge < -0.3 is 15.8 Å². The van der Waals surface area contributed by atoms with Gasteiger partial charge >= 0.3 is 0 Å². The van der Waals surface area contributed by atoms with Gasteiger partial charge in [-0.25, -0.2) is 8.42 Å². The Morgan fingerprint density at radius 1 is 1.15 bits per heavy atom. The van der Waals surface area contributed by atoms with Crippen molar-refractivity contribution in [2.45, 2.75) is 23.8 Å². The number of hydrogen-bond acceptors (Lipinski definition) is 4. The fourth-order valence-electron chi connectivity index (χ4n) is 2.92. The van der Waals surface area contributed by atoms with Gasteiger partial charge in [-0.1, -0.05) is 36.4 Å². The molecule has 3 N–H and O–H groups in total. The summed E-state index contributed by atoms with van der Waals surface area (Å²) in [7, 11) is -3.27. The summed E-state index contributed by atoms with van der Waals surface area (Å²) in [6.45, 7) is 0.979. The van der Waals surface area contributed by atoms with Crippen LogP contribution in [0.2, 0.25) is 0 Å². The maximum atomic E-state index is 12.2. The molecule has 0 saturated carbocycles. The summed E-state index contributed by atoms with van der Waals surface area (Å²) in [6.07, 6.45) is 1.22. The number of rotatable bonds is 6. The second kappa shape index (κ2) is 8.23. The fourth-order valence-corrected chi connectivity index (χ4v) is 4.23. The maximum Gasteiger partial charge on any atom is 0.189 e. The largest absolute Gasteiger partial charge is 0.493 e. The Morgan fingerprint density at radius 2 is 1.88 bits per heavy atom. The van der Waals surface area contributed by atoms with Crippen molar-refractivity contribution in [2.75, 3.05) is 18.9 Å². The van der Waals surface area contributed by atoms with Gasteiger partial charge in [0.25, 0.3) is 0 Å². The molecule has 0 radical (unpaired) electrons. The smallest absolute Gasteiger partial charge is 0.189 e. The molecule has 1 heterocycles. The normalized spacial score (nSPS) is 17.2. The summed E-state index contributed by atoms with van der Waals surface area (Å²) < 4.78 is 30.1. The number of sulfone groups is 1. The first-order valence-corrected chi connectivity index (χ1v) is 10.3. The van der Waals surface area contributed by atoms with Crippen molar-refractivity contribution in [3.63, 3.8) is 0 Å². The summed E-state index contributed by atoms with van der Waals surface area (Å²) in [5, 5.41) is 3.20. The fraction of sp³-hybridized carbons (Fsp3) is 0.316. The van der Waals surface area contributed by atoms with Crippen LogP contribution in [0.4, 0.5) is 0 Å². The molecule has 2 aromatic rings. The average molecular weight is 373 g/mol. The van der Waals surface area contributed by atoms with Crippen LogP contribution in [0.15, 0.2) is 64.5 Å². The van der Waals surface area contributed by atoms with Gasteiger partial charge in [0.2, 0.25) is 0 Å². The molecule has 7 heteroatoms. The molecule has 1 aliphatic heterocycles. The zero-order valence-electron chi connectivity index (χ0n) is 14.5. The molecule has 0 saturated heterocycles. The average Bonchev–Trinajstić information content (AvgIpc) is 2.66. The lowest BCUT2D eigenvalue weighted by Crippen LogP contribution is -2.37. The van der Waals surface area contributed by atoms with Crippen LogP contribution in [0, 0.1) is 0 Å². The molecular formula is C19H23N3O3S. The predicted octanol–water partition coefficient (Wildman–Crippen LogP) is 2.28. The monoisotopic (exact) mass is 373 g/mol. The molecule has 0 aromatic heterocycles. The van der Waals surface area contributed by atoms with Crippen molar-refractivity contribution in [1.29, 1.82) is 0 Å². The number of hydrogen-bond donors (Lipinski definition) is 2. The number of nitrogens with zero attached hydrogens (tertiary/aromatic N) is 1. The first-order valence-electron chi connectivity index (χ1n) is 8.62. The van der Waals surface area contributed by atoms with E-state index in [1.807, 2.05) is 24.3 Å². The van der Waals surface area contributed by atoms with Crippen LogP contribution in [0.3, 0.4) is 0 Å². The minimum absolute atomic E-state index is 0.0495. The molecule has 138 valence electrons. The Hall–Kier alpha value is -2.54. The molecule has 26 heavy (non-hydrogen) atoms. The Labute approximate surface area is 154 Å². The molecule has 1 aliphatic rings. The first-order chi connectivity index (χ1) is 12.6. The predicted molar refractivity (Wildman–Crippen MR) is 102 cm³/mol. The number of nitrogens with one attached hydrogen (secondary N) is 1. The number of guanidine groups is 1. The van der Waals surface area contributed by atoms with Gasteiger partial charge in [0, 0.05) is 18.5 Å². The SMILES string of the molecule is NC(=NCCCS(=O)(=O)c1ccccc1)NC1CCOc2ccccc21. The highest BCUT2D eigenvalue weighted by Crippen LogP contribution is 2.31. The van der Waals surface area contributed by atoms with E-state index in [2.05, 4.69) is 10.3 Å². The van der Waals surface area contributed by atoms with E-state index in [0.29, 0.717) is 30.4 Å². The van der Waals surface area contributed by atoms with Crippen molar-refractivity contribution >= 4 is 15.8 Å². The summed E-state index contributed by atoms with van der Waals surface area (Å²) >= 11 is 0. The van der Waals surface area contributed by atoms with Gasteiger partial charge in [0.15, 0.2) is 15.8 Å². The lowest BCUT2D eigenvalue weighted by molar-refractivity contribution is 0.262. The van der Waals surface area contributed by atoms with Crippen molar-refractivity contribution in [2.24, 2.45) is 10.7 Å². The van der Waals surface area contributed by atoms with Crippen LogP contribution < -0.4 is 15.8 Å². The standard InChI is InChI=1S/C19H23N3O3S/c20-19(22-17-11-13-25-18-10-5-4-9-16(17)18)21-12-6-14-26(23,24)15-7-2-1-3-8-15/h1-5,7-10,17H,6,11-14H2,(H3,20,21,22). The molecule has 1 unspecified atom stereocenters. The Kier molecular flexibility index (Phi) is 5.78. The van der Waals surface area contributed by atoms with Crippen molar-refractivity contribution < 1.29 is 13.2 Å². The van der Waals surface area contributed by atoms with Crippen molar-refractivity contribution in [3.8, 4) is 5.75 Å². The molecule has 0 aliphatic carbocycles. The highest BCUT2D eigenvalue weighted by Gasteiger charge is 2.21. The molecule has 1 atom stereocenters. The van der Waals surface area contributed by atoms with Gasteiger partial charge in [0.05, 0.1) is 23.3 Å². The van der Waals surface area contributed by atoms with E-state index in [9.17, 15) is 8.42 Å². The number of benzene rings is 2. The Morgan fingerprint density at radius 3 is 2.69 bits per heavy atom. The molecule has 0 amide bonds. The van der Waals surface area contributed by atoms with Gasteiger partial charge in [0.1, 0.15) is 5.75 Å². The number of fused-ring (bicyclic) bond motifs is 1. The molecular weight excluding hydrogens is 350 g/mol. The number of nitrogens with two attached hydrogens (primary N) is 1. The van der Waals surface area contributed by atoms with Crippen LogP contribution >= 0.6 is 0 Å². The van der Waals surface area contributed by atoms with E-state index in [4.69, 9.17) is 10.5 Å². The van der Waals surface area contributed by atoms with Crippen molar-refractivity contribution in [1.82, 2.24) is 5.32 Å². The van der Waals surface area contributed by atoms with Gasteiger partial charge in [-0.15, -0.1) is 0 Å². The van der Waals surface area contributed by atoms with E-state index in [0.717, 1.165) is 17.7 Å². The van der Waals surface area contributed by atoms with Crippen LogP contribution in [0.25, 0.3) is 0 Å². The molecule has 0 fully saturated rings. The van der Waals surface area contributed by atoms with E-state index >= 15 is 0 Å². The van der Waals surface area contributed by atoms with Gasteiger partial charge in [-0.05, 0) is 24.6 Å². The quantitative estimate of drug-likeness (QED) is 0.460. The minimum atomic E-state index is -3.27. The third-order valence-corrected chi connectivity index (χ3v) is 6.05. The number of aliphatic imine (C=N–C) groups is 1. The zero-order chi connectivity index (χ0) is 18.4. The van der Waals surface area contributed by atoms with Crippen LogP contribution in [0.1, 0.15) is 24.4 Å². The van der Waals surface area contributed by atoms with Crippen molar-refractivity contribution in [3.05, 3.63) is 60.2 Å². The highest BCUT2D eigenvalue weighted by molar-refractivity contribution is 7.91. The maximum absolute atomic E-state index is 12.2. The molecule has 0 bridgehead atoms. The van der Waals surface area contributed by atoms with Gasteiger partial charge in [-0.2, -0.15) is 0 Å². The van der Waals surface area contributed by atoms with Gasteiger partial charge in [-0.3, -0.25) is 4.99 Å². The van der Waals surface area contributed by atoms with E-state index in [1.54, 1.807) is 30.3 Å². The zero-order valence-corrected chi connectivity index (χ0v) is 15.3. The second-order valence-electron chi connectivity index (χ2n) is 6.12. The lowest BCUT2D eigenvalue weighted by atomic mass is 10.0. The third kappa shape index (κ3) is 4.54. The molecule has 2 aromatic carbocycles. The summed E-state index contributed by atoms with van der Waals surface area (Å²) in [5.74, 6) is 1.23. The Bertz CT molecular complexity index is 867. The summed E-state index contributed by atoms with van der Waals surface area (Å²) in [6, 6.07) is 16.3. The topological polar surface area (TPSA) is 93.8 Å².